The molecule has 1 amide bonds. The average molecular weight is 433 g/mol. The van der Waals surface area contributed by atoms with Crippen LogP contribution in [-0.2, 0) is 4.79 Å². The number of allylic oxidation sites excluding steroid dienone is 3. The van der Waals surface area contributed by atoms with Crippen molar-refractivity contribution in [2.24, 2.45) is 5.73 Å². The Balaban J connectivity index is 1.82. The van der Waals surface area contributed by atoms with Crippen LogP contribution in [0.3, 0.4) is 0 Å². The number of nitriles is 1. The second kappa shape index (κ2) is 8.29. The number of aryl methyl sites for hydroxylation is 1. The number of benzene rings is 2. The van der Waals surface area contributed by atoms with Gasteiger partial charge in [0, 0.05) is 28.3 Å². The van der Waals surface area contributed by atoms with Gasteiger partial charge in [-0.2, -0.15) is 5.26 Å². The molecule has 1 aliphatic carbocycles. The molecule has 2 aromatic carbocycles. The predicted octanol–water partition coefficient (Wildman–Crippen LogP) is 4.09. The SMILES string of the molecule is Cc1ccccc1C1C(C#N)=C(N)N(NC(=O)c2ccc(Cl)cc2)C2=C1C(=O)CCC2. The standard InChI is InChI=1S/C24H21ClN4O2/c1-14-5-2-3-6-17(14)21-18(13-26)23(27)29(19-7-4-8-20(30)22(19)21)28-24(31)15-9-11-16(25)12-10-15/h2-3,5-6,9-12,21H,4,7-8,27H2,1H3,(H,28,31). The highest BCUT2D eigenvalue weighted by molar-refractivity contribution is 6.30. The molecule has 0 aromatic heterocycles. The van der Waals surface area contributed by atoms with E-state index in [4.69, 9.17) is 17.3 Å². The van der Waals surface area contributed by atoms with Crippen LogP contribution >= 0.6 is 11.6 Å². The van der Waals surface area contributed by atoms with E-state index in [1.54, 1.807) is 24.3 Å². The maximum atomic E-state index is 13.0. The van der Waals surface area contributed by atoms with E-state index in [1.807, 2.05) is 31.2 Å². The number of hydrogen-bond donors (Lipinski definition) is 2. The summed E-state index contributed by atoms with van der Waals surface area (Å²) in [5.74, 6) is -0.846. The molecule has 0 fully saturated rings. The molecule has 0 bridgehead atoms. The van der Waals surface area contributed by atoms with Crippen molar-refractivity contribution in [3.63, 3.8) is 0 Å². The number of carbonyl (C=O) groups excluding carboxylic acids is 2. The van der Waals surface area contributed by atoms with Crippen molar-refractivity contribution in [2.75, 3.05) is 0 Å². The van der Waals surface area contributed by atoms with Gasteiger partial charge in [0.2, 0.25) is 0 Å². The zero-order valence-corrected chi connectivity index (χ0v) is 17.7. The van der Waals surface area contributed by atoms with Gasteiger partial charge in [0.05, 0.1) is 17.6 Å². The minimum atomic E-state index is -0.544. The summed E-state index contributed by atoms with van der Waals surface area (Å²) in [6, 6.07) is 16.3. The van der Waals surface area contributed by atoms with Gasteiger partial charge in [0.1, 0.15) is 5.82 Å². The summed E-state index contributed by atoms with van der Waals surface area (Å²) in [5, 5.41) is 11.9. The normalized spacial score (nSPS) is 18.5. The Bertz CT molecular complexity index is 1170. The highest BCUT2D eigenvalue weighted by Crippen LogP contribution is 2.44. The third-order valence-electron chi connectivity index (χ3n) is 5.73. The van der Waals surface area contributed by atoms with Crippen molar-refractivity contribution < 1.29 is 9.59 Å². The summed E-state index contributed by atoms with van der Waals surface area (Å²) in [6.45, 7) is 1.95. The minimum absolute atomic E-state index is 0.0273. The van der Waals surface area contributed by atoms with E-state index >= 15 is 0 Å². The maximum absolute atomic E-state index is 13.0. The van der Waals surface area contributed by atoms with Crippen LogP contribution in [-0.4, -0.2) is 16.7 Å². The van der Waals surface area contributed by atoms with Gasteiger partial charge < -0.3 is 5.73 Å². The molecule has 0 radical (unpaired) electrons. The third kappa shape index (κ3) is 3.69. The van der Waals surface area contributed by atoms with Crippen molar-refractivity contribution in [1.29, 1.82) is 5.26 Å². The first-order chi connectivity index (χ1) is 14.9. The van der Waals surface area contributed by atoms with E-state index in [9.17, 15) is 14.9 Å². The molecule has 1 heterocycles. The molecule has 0 saturated heterocycles. The number of nitrogens with one attached hydrogen (secondary N) is 1. The van der Waals surface area contributed by atoms with Gasteiger partial charge in [-0.1, -0.05) is 35.9 Å². The Morgan fingerprint density at radius 3 is 2.58 bits per heavy atom. The van der Waals surface area contributed by atoms with Gasteiger partial charge >= 0.3 is 0 Å². The van der Waals surface area contributed by atoms with Crippen LogP contribution in [0.1, 0.15) is 46.7 Å². The lowest BCUT2D eigenvalue weighted by molar-refractivity contribution is -0.116. The van der Waals surface area contributed by atoms with E-state index < -0.39 is 11.8 Å². The smallest absolute Gasteiger partial charge is 0.270 e. The number of hydrogen-bond acceptors (Lipinski definition) is 5. The zero-order chi connectivity index (χ0) is 22.1. The van der Waals surface area contributed by atoms with E-state index in [2.05, 4.69) is 11.5 Å². The van der Waals surface area contributed by atoms with E-state index in [1.165, 1.54) is 5.01 Å². The molecule has 1 aliphatic heterocycles. The predicted molar refractivity (Wildman–Crippen MR) is 117 cm³/mol. The lowest BCUT2D eigenvalue weighted by atomic mass is 9.75. The number of rotatable bonds is 3. The summed E-state index contributed by atoms with van der Waals surface area (Å²) < 4.78 is 0. The number of carbonyl (C=O) groups is 2. The quantitative estimate of drug-likeness (QED) is 0.760. The summed E-state index contributed by atoms with van der Waals surface area (Å²) >= 11 is 5.91. The first-order valence-electron chi connectivity index (χ1n) is 10.0. The molecule has 156 valence electrons. The Kier molecular flexibility index (Phi) is 5.53. The molecule has 3 N–H and O–H groups in total. The Morgan fingerprint density at radius 2 is 1.90 bits per heavy atom. The largest absolute Gasteiger partial charge is 0.383 e. The summed E-state index contributed by atoms with van der Waals surface area (Å²) in [4.78, 5) is 25.9. The lowest BCUT2D eigenvalue weighted by Gasteiger charge is -2.39. The fraction of sp³-hybridized carbons (Fsp3) is 0.208. The minimum Gasteiger partial charge on any atom is -0.383 e. The van der Waals surface area contributed by atoms with Crippen molar-refractivity contribution >= 4 is 23.3 Å². The molecule has 0 saturated carbocycles. The molecule has 1 unspecified atom stereocenters. The second-order valence-electron chi connectivity index (χ2n) is 7.62. The summed E-state index contributed by atoms with van der Waals surface area (Å²) in [5.41, 5.74) is 12.8. The highest BCUT2D eigenvalue weighted by atomic mass is 35.5. The second-order valence-corrected chi connectivity index (χ2v) is 8.06. The maximum Gasteiger partial charge on any atom is 0.270 e. The first-order valence-corrected chi connectivity index (χ1v) is 10.4. The van der Waals surface area contributed by atoms with Crippen molar-refractivity contribution in [3.05, 3.63) is 92.9 Å². The van der Waals surface area contributed by atoms with Gasteiger partial charge in [-0.3, -0.25) is 15.0 Å². The number of ketones is 1. The molecule has 1 atom stereocenters. The number of nitrogens with two attached hydrogens (primary N) is 1. The fourth-order valence-corrected chi connectivity index (χ4v) is 4.33. The topological polar surface area (TPSA) is 99.2 Å². The number of Topliss-reactive ketones (excluding diaryl/α,β-unsaturated/α-hetero) is 1. The van der Waals surface area contributed by atoms with Gasteiger partial charge in [0.25, 0.3) is 5.91 Å². The zero-order valence-electron chi connectivity index (χ0n) is 17.0. The van der Waals surface area contributed by atoms with Gasteiger partial charge in [-0.25, -0.2) is 5.01 Å². The highest BCUT2D eigenvalue weighted by Gasteiger charge is 2.40. The van der Waals surface area contributed by atoms with Crippen LogP contribution < -0.4 is 11.2 Å². The number of halogens is 1. The molecule has 2 aliphatic rings. The Hall–Kier alpha value is -3.56. The Morgan fingerprint density at radius 1 is 1.19 bits per heavy atom. The summed E-state index contributed by atoms with van der Waals surface area (Å²) in [6.07, 6.45) is 1.63. The molecular weight excluding hydrogens is 412 g/mol. The molecule has 7 heteroatoms. The van der Waals surface area contributed by atoms with Crippen molar-refractivity contribution in [2.45, 2.75) is 32.1 Å². The molecule has 2 aromatic rings. The monoisotopic (exact) mass is 432 g/mol. The van der Waals surface area contributed by atoms with Crippen LogP contribution in [0.4, 0.5) is 0 Å². The van der Waals surface area contributed by atoms with Crippen LogP contribution in [0.15, 0.2) is 71.2 Å². The van der Waals surface area contributed by atoms with E-state index in [-0.39, 0.29) is 17.2 Å². The third-order valence-corrected chi connectivity index (χ3v) is 5.98. The van der Waals surface area contributed by atoms with Crippen molar-refractivity contribution in [3.8, 4) is 6.07 Å². The van der Waals surface area contributed by atoms with Crippen molar-refractivity contribution in [1.82, 2.24) is 10.4 Å². The first kappa shape index (κ1) is 20.7. The van der Waals surface area contributed by atoms with Crippen LogP contribution in [0, 0.1) is 18.3 Å². The molecule has 0 spiro atoms. The summed E-state index contributed by atoms with van der Waals surface area (Å²) in [7, 11) is 0. The van der Waals surface area contributed by atoms with E-state index in [0.717, 1.165) is 11.1 Å². The number of amides is 1. The van der Waals surface area contributed by atoms with Gasteiger partial charge in [-0.05, 0) is 55.2 Å². The molecule has 6 nitrogen and oxygen atoms in total. The number of nitrogens with zero attached hydrogens (tertiary/aromatic N) is 2. The average Bonchev–Trinajstić information content (AvgIpc) is 2.76. The van der Waals surface area contributed by atoms with Crippen LogP contribution in [0.25, 0.3) is 0 Å². The lowest BCUT2D eigenvalue weighted by Crippen LogP contribution is -2.48. The fourth-order valence-electron chi connectivity index (χ4n) is 4.20. The van der Waals surface area contributed by atoms with Gasteiger partial charge in [-0.15, -0.1) is 0 Å². The van der Waals surface area contributed by atoms with Crippen LogP contribution in [0.2, 0.25) is 5.02 Å². The number of hydrazine groups is 1. The van der Waals surface area contributed by atoms with E-state index in [0.29, 0.717) is 41.1 Å². The van der Waals surface area contributed by atoms with Gasteiger partial charge in [0.15, 0.2) is 5.78 Å². The molecular formula is C24H21ClN4O2. The molecule has 31 heavy (non-hydrogen) atoms. The Labute approximate surface area is 185 Å². The van der Waals surface area contributed by atoms with Crippen LogP contribution in [0.5, 0.6) is 0 Å². The molecule has 4 rings (SSSR count).